The number of rotatable bonds is 5. The Balaban J connectivity index is 1.51. The van der Waals surface area contributed by atoms with E-state index in [2.05, 4.69) is 39.8 Å². The molecule has 2 aromatic heterocycles. The van der Waals surface area contributed by atoms with Crippen LogP contribution in [-0.2, 0) is 13.0 Å². The molecule has 5 heteroatoms. The second kappa shape index (κ2) is 6.79. The number of aryl methyl sites for hydroxylation is 2. The fraction of sp³-hybridized carbons (Fsp3) is 0.467. The Bertz CT molecular complexity index is 520. The predicted molar refractivity (Wildman–Crippen MR) is 84.1 cm³/mol. The molecule has 0 radical (unpaired) electrons. The molecule has 3 rings (SSSR count). The first-order chi connectivity index (χ1) is 9.90. The van der Waals surface area contributed by atoms with Crippen LogP contribution in [0.5, 0.6) is 0 Å². The third-order valence-corrected chi connectivity index (χ3v) is 4.75. The van der Waals surface area contributed by atoms with E-state index in [1.807, 2.05) is 28.8 Å². The molecule has 3 heterocycles. The summed E-state index contributed by atoms with van der Waals surface area (Å²) in [7, 11) is 0. The number of pyridine rings is 1. The van der Waals surface area contributed by atoms with Crippen LogP contribution >= 0.6 is 11.8 Å². The van der Waals surface area contributed by atoms with E-state index in [1.54, 1.807) is 0 Å². The number of nitrogens with zero attached hydrogens (tertiary/aromatic N) is 3. The minimum atomic E-state index is 0.581. The van der Waals surface area contributed by atoms with Crippen LogP contribution in [-0.4, -0.2) is 32.3 Å². The van der Waals surface area contributed by atoms with Crippen molar-refractivity contribution in [2.24, 2.45) is 0 Å². The SMILES string of the molecule is c1cc(CCn2ccc(N[C@@H]3CCCSC3)n2)ccn1. The molecule has 1 fully saturated rings. The molecule has 0 amide bonds. The van der Waals surface area contributed by atoms with Gasteiger partial charge < -0.3 is 5.32 Å². The van der Waals surface area contributed by atoms with Gasteiger partial charge in [0.25, 0.3) is 0 Å². The zero-order valence-corrected chi connectivity index (χ0v) is 12.4. The first-order valence-corrected chi connectivity index (χ1v) is 8.32. The first-order valence-electron chi connectivity index (χ1n) is 7.17. The molecule has 1 atom stereocenters. The molecular weight excluding hydrogens is 268 g/mol. The highest BCUT2D eigenvalue weighted by Gasteiger charge is 2.14. The van der Waals surface area contributed by atoms with Crippen LogP contribution < -0.4 is 5.32 Å². The Labute approximate surface area is 124 Å². The topological polar surface area (TPSA) is 42.7 Å². The maximum atomic E-state index is 4.60. The maximum absolute atomic E-state index is 4.60. The Kier molecular flexibility index (Phi) is 4.58. The van der Waals surface area contributed by atoms with Crippen molar-refractivity contribution in [3.63, 3.8) is 0 Å². The van der Waals surface area contributed by atoms with E-state index in [1.165, 1.54) is 29.9 Å². The van der Waals surface area contributed by atoms with Gasteiger partial charge in [-0.25, -0.2) is 0 Å². The molecule has 0 spiro atoms. The van der Waals surface area contributed by atoms with E-state index < -0.39 is 0 Å². The van der Waals surface area contributed by atoms with Gasteiger partial charge in [0.1, 0.15) is 5.82 Å². The van der Waals surface area contributed by atoms with Crippen LogP contribution in [0, 0.1) is 0 Å². The van der Waals surface area contributed by atoms with E-state index in [9.17, 15) is 0 Å². The van der Waals surface area contributed by atoms with Gasteiger partial charge in [0.05, 0.1) is 0 Å². The summed E-state index contributed by atoms with van der Waals surface area (Å²) in [6.45, 7) is 0.908. The van der Waals surface area contributed by atoms with Crippen molar-refractivity contribution in [1.29, 1.82) is 0 Å². The molecule has 0 unspecified atom stereocenters. The molecule has 20 heavy (non-hydrogen) atoms. The number of hydrogen-bond donors (Lipinski definition) is 1. The maximum Gasteiger partial charge on any atom is 0.148 e. The fourth-order valence-electron chi connectivity index (χ4n) is 2.42. The smallest absolute Gasteiger partial charge is 0.148 e. The lowest BCUT2D eigenvalue weighted by Crippen LogP contribution is -2.26. The summed E-state index contributed by atoms with van der Waals surface area (Å²) in [6, 6.07) is 6.77. The average molecular weight is 288 g/mol. The van der Waals surface area contributed by atoms with Gasteiger partial charge in [-0.2, -0.15) is 16.9 Å². The van der Waals surface area contributed by atoms with E-state index in [4.69, 9.17) is 0 Å². The van der Waals surface area contributed by atoms with Crippen molar-refractivity contribution in [2.45, 2.75) is 31.8 Å². The third-order valence-electron chi connectivity index (χ3n) is 3.53. The van der Waals surface area contributed by atoms with Gasteiger partial charge in [0, 0.05) is 43.0 Å². The third kappa shape index (κ3) is 3.76. The first kappa shape index (κ1) is 13.5. The second-order valence-electron chi connectivity index (χ2n) is 5.13. The Morgan fingerprint density at radius 3 is 3.00 bits per heavy atom. The van der Waals surface area contributed by atoms with Crippen molar-refractivity contribution >= 4 is 17.6 Å². The van der Waals surface area contributed by atoms with Crippen molar-refractivity contribution in [2.75, 3.05) is 16.8 Å². The lowest BCUT2D eigenvalue weighted by Gasteiger charge is -2.22. The molecule has 2 aromatic rings. The van der Waals surface area contributed by atoms with Crippen molar-refractivity contribution < 1.29 is 0 Å². The average Bonchev–Trinajstić information content (AvgIpc) is 2.95. The molecule has 1 saturated heterocycles. The standard InChI is InChI=1S/C15H20N4S/c1-2-14(12-20-11-1)17-15-6-10-19(18-15)9-5-13-3-7-16-8-4-13/h3-4,6-8,10,14H,1-2,5,9,11-12H2,(H,17,18)/t14-/m1/s1. The number of aromatic nitrogens is 3. The monoisotopic (exact) mass is 288 g/mol. The summed E-state index contributed by atoms with van der Waals surface area (Å²) in [5.41, 5.74) is 1.30. The van der Waals surface area contributed by atoms with Gasteiger partial charge in [0.2, 0.25) is 0 Å². The van der Waals surface area contributed by atoms with Gasteiger partial charge in [-0.15, -0.1) is 0 Å². The van der Waals surface area contributed by atoms with Crippen LogP contribution in [0.3, 0.4) is 0 Å². The van der Waals surface area contributed by atoms with E-state index in [0.29, 0.717) is 6.04 Å². The highest BCUT2D eigenvalue weighted by Crippen LogP contribution is 2.20. The van der Waals surface area contributed by atoms with E-state index in [-0.39, 0.29) is 0 Å². The largest absolute Gasteiger partial charge is 0.365 e. The quantitative estimate of drug-likeness (QED) is 0.918. The van der Waals surface area contributed by atoms with Crippen molar-refractivity contribution in [3.8, 4) is 0 Å². The molecule has 106 valence electrons. The summed E-state index contributed by atoms with van der Waals surface area (Å²) < 4.78 is 2.01. The van der Waals surface area contributed by atoms with Gasteiger partial charge in [0.15, 0.2) is 0 Å². The fourth-order valence-corrected chi connectivity index (χ4v) is 3.49. The Morgan fingerprint density at radius 2 is 2.20 bits per heavy atom. The molecule has 1 aliphatic heterocycles. The van der Waals surface area contributed by atoms with Crippen LogP contribution in [0.2, 0.25) is 0 Å². The number of hydrogen-bond acceptors (Lipinski definition) is 4. The summed E-state index contributed by atoms with van der Waals surface area (Å²) >= 11 is 2.03. The highest BCUT2D eigenvalue weighted by molar-refractivity contribution is 7.99. The van der Waals surface area contributed by atoms with Crippen molar-refractivity contribution in [1.82, 2.24) is 14.8 Å². The summed E-state index contributed by atoms with van der Waals surface area (Å²) in [5.74, 6) is 3.51. The van der Waals surface area contributed by atoms with Crippen LogP contribution in [0.25, 0.3) is 0 Å². The normalized spacial score (nSPS) is 18.9. The van der Waals surface area contributed by atoms with Crippen LogP contribution in [0.15, 0.2) is 36.8 Å². The van der Waals surface area contributed by atoms with Crippen molar-refractivity contribution in [3.05, 3.63) is 42.4 Å². The minimum absolute atomic E-state index is 0.581. The second-order valence-corrected chi connectivity index (χ2v) is 6.28. The zero-order chi connectivity index (χ0) is 13.6. The number of nitrogens with one attached hydrogen (secondary N) is 1. The van der Waals surface area contributed by atoms with Gasteiger partial charge in [-0.1, -0.05) is 0 Å². The summed E-state index contributed by atoms with van der Waals surface area (Å²) in [5, 5.41) is 8.14. The molecule has 0 aromatic carbocycles. The molecule has 0 bridgehead atoms. The van der Waals surface area contributed by atoms with Crippen LogP contribution in [0.4, 0.5) is 5.82 Å². The zero-order valence-electron chi connectivity index (χ0n) is 11.5. The molecule has 0 aliphatic carbocycles. The van der Waals surface area contributed by atoms with Gasteiger partial charge in [-0.3, -0.25) is 9.67 Å². The van der Waals surface area contributed by atoms with Gasteiger partial charge in [-0.05, 0) is 42.7 Å². The molecular formula is C15H20N4S. The van der Waals surface area contributed by atoms with Crippen LogP contribution in [0.1, 0.15) is 18.4 Å². The summed E-state index contributed by atoms with van der Waals surface area (Å²) in [4.78, 5) is 4.04. The Hall–Kier alpha value is -1.49. The predicted octanol–water partition coefficient (Wildman–Crippen LogP) is 2.83. The minimum Gasteiger partial charge on any atom is -0.365 e. The molecule has 4 nitrogen and oxygen atoms in total. The Morgan fingerprint density at radius 1 is 1.30 bits per heavy atom. The lowest BCUT2D eigenvalue weighted by molar-refractivity contribution is 0.611. The van der Waals surface area contributed by atoms with Gasteiger partial charge >= 0.3 is 0 Å². The lowest BCUT2D eigenvalue weighted by atomic mass is 10.2. The molecule has 0 saturated carbocycles. The van der Waals surface area contributed by atoms with E-state index >= 15 is 0 Å². The number of thioether (sulfide) groups is 1. The number of anilines is 1. The summed E-state index contributed by atoms with van der Waals surface area (Å²) in [6.07, 6.45) is 9.29. The highest BCUT2D eigenvalue weighted by atomic mass is 32.2. The molecule has 1 aliphatic rings. The van der Waals surface area contributed by atoms with E-state index in [0.717, 1.165) is 18.8 Å². The molecule has 1 N–H and O–H groups in total.